The Morgan fingerprint density at radius 2 is 1.69 bits per heavy atom. The van der Waals surface area contributed by atoms with Crippen LogP contribution in [0, 0.1) is 0 Å². The molecule has 0 spiro atoms. The lowest BCUT2D eigenvalue weighted by atomic mass is 9.95. The predicted octanol–water partition coefficient (Wildman–Crippen LogP) is 5.64. The largest absolute Gasteiger partial charge is 0.416 e. The van der Waals surface area contributed by atoms with E-state index in [0.29, 0.717) is 21.0 Å². The number of hydrogen-bond donors (Lipinski definition) is 1. The van der Waals surface area contributed by atoms with E-state index in [0.717, 1.165) is 50.5 Å². The summed E-state index contributed by atoms with van der Waals surface area (Å²) in [6.07, 6.45) is 0.645. The lowest BCUT2D eigenvalue weighted by molar-refractivity contribution is -0.139. The molecule has 1 aliphatic carbocycles. The minimum Gasteiger partial charge on any atom is -0.352 e. The van der Waals surface area contributed by atoms with Gasteiger partial charge in [0.25, 0.3) is 0 Å². The summed E-state index contributed by atoms with van der Waals surface area (Å²) < 4.78 is 66.0. The Morgan fingerprint density at radius 1 is 1.05 bits per heavy atom. The molecule has 0 heterocycles. The number of benzene rings is 2. The first-order valence-electron chi connectivity index (χ1n) is 12.4. The fourth-order valence-electron chi connectivity index (χ4n) is 4.44. The van der Waals surface area contributed by atoms with Crippen molar-refractivity contribution in [1.29, 1.82) is 0 Å². The van der Waals surface area contributed by atoms with Crippen molar-refractivity contribution < 1.29 is 31.2 Å². The van der Waals surface area contributed by atoms with Crippen molar-refractivity contribution in [2.75, 3.05) is 17.1 Å². The molecule has 1 saturated carbocycles. The average Bonchev–Trinajstić information content (AvgIpc) is 2.86. The summed E-state index contributed by atoms with van der Waals surface area (Å²) in [4.78, 5) is 28.0. The van der Waals surface area contributed by atoms with E-state index in [1.54, 1.807) is 24.3 Å². The zero-order valence-corrected chi connectivity index (χ0v) is 23.8. The van der Waals surface area contributed by atoms with Crippen LogP contribution < -0.4 is 9.62 Å². The molecule has 214 valence electrons. The third-order valence-corrected chi connectivity index (χ3v) is 8.45. The molecule has 7 nitrogen and oxygen atoms in total. The number of amides is 2. The van der Waals surface area contributed by atoms with Gasteiger partial charge >= 0.3 is 6.18 Å². The molecule has 0 bridgehead atoms. The van der Waals surface area contributed by atoms with E-state index in [4.69, 9.17) is 23.2 Å². The van der Waals surface area contributed by atoms with Crippen LogP contribution in [0.5, 0.6) is 0 Å². The highest BCUT2D eigenvalue weighted by atomic mass is 35.5. The molecule has 0 aliphatic heterocycles. The molecule has 1 fully saturated rings. The van der Waals surface area contributed by atoms with Crippen LogP contribution in [0.4, 0.5) is 18.9 Å². The van der Waals surface area contributed by atoms with Gasteiger partial charge in [-0.1, -0.05) is 60.7 Å². The first kappa shape index (κ1) is 31.0. The molecule has 0 radical (unpaired) electrons. The van der Waals surface area contributed by atoms with Crippen molar-refractivity contribution in [1.82, 2.24) is 10.2 Å². The lowest BCUT2D eigenvalue weighted by Crippen LogP contribution is -2.53. The van der Waals surface area contributed by atoms with Crippen molar-refractivity contribution in [3.8, 4) is 0 Å². The molecule has 1 unspecified atom stereocenters. The highest BCUT2D eigenvalue weighted by molar-refractivity contribution is 7.92. The zero-order valence-electron chi connectivity index (χ0n) is 21.5. The number of anilines is 1. The zero-order chi connectivity index (χ0) is 29.0. The normalized spacial score (nSPS) is 15.5. The number of halogens is 5. The van der Waals surface area contributed by atoms with E-state index >= 15 is 0 Å². The predicted molar refractivity (Wildman–Crippen MR) is 145 cm³/mol. The Bertz CT molecular complexity index is 1300. The molecule has 2 aromatic rings. The van der Waals surface area contributed by atoms with Crippen LogP contribution in [0.15, 0.2) is 42.5 Å². The third kappa shape index (κ3) is 8.25. The van der Waals surface area contributed by atoms with Gasteiger partial charge in [-0.05, 0) is 49.6 Å². The molecule has 0 aromatic heterocycles. The topological polar surface area (TPSA) is 86.8 Å². The van der Waals surface area contributed by atoms with E-state index in [9.17, 15) is 31.2 Å². The average molecular weight is 609 g/mol. The summed E-state index contributed by atoms with van der Waals surface area (Å²) in [6, 6.07) is 7.80. The molecular formula is C26H30Cl2F3N3O4S. The van der Waals surface area contributed by atoms with Gasteiger partial charge in [0.1, 0.15) is 12.6 Å². The molecule has 39 heavy (non-hydrogen) atoms. The molecular weight excluding hydrogens is 578 g/mol. The van der Waals surface area contributed by atoms with Gasteiger partial charge in [-0.25, -0.2) is 8.42 Å². The van der Waals surface area contributed by atoms with Crippen molar-refractivity contribution >= 4 is 50.7 Å². The smallest absolute Gasteiger partial charge is 0.352 e. The van der Waals surface area contributed by atoms with Crippen LogP contribution in [0.3, 0.4) is 0 Å². The second kappa shape index (κ2) is 12.8. The highest BCUT2D eigenvalue weighted by Gasteiger charge is 2.35. The lowest BCUT2D eigenvalue weighted by Gasteiger charge is -2.33. The van der Waals surface area contributed by atoms with Crippen molar-refractivity contribution in [2.45, 2.75) is 63.8 Å². The maximum atomic E-state index is 13.7. The Morgan fingerprint density at radius 3 is 2.28 bits per heavy atom. The summed E-state index contributed by atoms with van der Waals surface area (Å²) in [5, 5.41) is 3.00. The van der Waals surface area contributed by atoms with Crippen LogP contribution >= 0.6 is 23.2 Å². The second-order valence-electron chi connectivity index (χ2n) is 9.57. The molecule has 2 aromatic carbocycles. The van der Waals surface area contributed by atoms with E-state index in [1.807, 2.05) is 0 Å². The van der Waals surface area contributed by atoms with Crippen molar-refractivity contribution in [3.05, 3.63) is 63.6 Å². The van der Waals surface area contributed by atoms with Gasteiger partial charge in [0.2, 0.25) is 21.8 Å². The van der Waals surface area contributed by atoms with Crippen molar-refractivity contribution in [3.63, 3.8) is 0 Å². The number of alkyl halides is 3. The standard InChI is InChI=1S/C26H30Cl2F3N3O4S/c1-17(25(36)32-20-9-4-3-5-10-20)33(15-18-8-6-7-11-21(18)27)24(35)16-34(39(2,37)38)23-14-19(26(29,30)31)12-13-22(23)28/h6-8,11-14,17,20H,3-5,9-10,15-16H2,1-2H3,(H,32,36). The number of nitrogens with zero attached hydrogens (tertiary/aromatic N) is 2. The fourth-order valence-corrected chi connectivity index (χ4v) is 5.75. The van der Waals surface area contributed by atoms with Gasteiger partial charge < -0.3 is 10.2 Å². The van der Waals surface area contributed by atoms with Crippen LogP contribution in [0.1, 0.15) is 50.2 Å². The number of nitrogens with one attached hydrogen (secondary N) is 1. The number of rotatable bonds is 9. The van der Waals surface area contributed by atoms with Gasteiger partial charge in [-0.2, -0.15) is 13.2 Å². The monoisotopic (exact) mass is 607 g/mol. The first-order valence-corrected chi connectivity index (χ1v) is 15.0. The maximum Gasteiger partial charge on any atom is 0.416 e. The number of carbonyl (C=O) groups excluding carboxylic acids is 2. The molecule has 1 aliphatic rings. The summed E-state index contributed by atoms with van der Waals surface area (Å²) >= 11 is 12.4. The van der Waals surface area contributed by atoms with Gasteiger partial charge in [0, 0.05) is 17.6 Å². The van der Waals surface area contributed by atoms with E-state index < -0.39 is 51.9 Å². The quantitative estimate of drug-likeness (QED) is 0.399. The Labute approximate surface area is 236 Å². The molecule has 0 saturated heterocycles. The highest BCUT2D eigenvalue weighted by Crippen LogP contribution is 2.36. The van der Waals surface area contributed by atoms with Gasteiger partial charge in [-0.15, -0.1) is 0 Å². The maximum absolute atomic E-state index is 13.7. The number of carbonyl (C=O) groups is 2. The summed E-state index contributed by atoms with van der Waals surface area (Å²) in [5.41, 5.74) is -1.12. The molecule has 1 atom stereocenters. The van der Waals surface area contributed by atoms with Crippen LogP contribution in [0.2, 0.25) is 10.0 Å². The molecule has 2 amide bonds. The SMILES string of the molecule is CC(C(=O)NC1CCCCC1)N(Cc1ccccc1Cl)C(=O)CN(c1cc(C(F)(F)F)ccc1Cl)S(C)(=O)=O. The van der Waals surface area contributed by atoms with Crippen LogP contribution in [-0.2, 0) is 32.3 Å². The van der Waals surface area contributed by atoms with Gasteiger partial charge in [-0.3, -0.25) is 13.9 Å². The summed E-state index contributed by atoms with van der Waals surface area (Å²) in [6.45, 7) is 0.492. The third-order valence-electron chi connectivity index (χ3n) is 6.64. The Kier molecular flexibility index (Phi) is 10.2. The minimum absolute atomic E-state index is 0.0394. The minimum atomic E-state index is -4.77. The Hall–Kier alpha value is -2.50. The number of sulfonamides is 1. The van der Waals surface area contributed by atoms with Crippen LogP contribution in [0.25, 0.3) is 0 Å². The van der Waals surface area contributed by atoms with E-state index in [2.05, 4.69) is 5.32 Å². The molecule has 3 rings (SSSR count). The van der Waals surface area contributed by atoms with E-state index in [-0.39, 0.29) is 17.6 Å². The second-order valence-corrected chi connectivity index (χ2v) is 12.3. The fraction of sp³-hybridized carbons (Fsp3) is 0.462. The molecule has 13 heteroatoms. The van der Waals surface area contributed by atoms with Gasteiger partial charge in [0.05, 0.1) is 22.5 Å². The molecule has 1 N–H and O–H groups in total. The Balaban J connectivity index is 1.96. The van der Waals surface area contributed by atoms with Gasteiger partial charge in [0.15, 0.2) is 0 Å². The summed E-state index contributed by atoms with van der Waals surface area (Å²) in [7, 11) is -4.27. The van der Waals surface area contributed by atoms with Crippen molar-refractivity contribution in [2.24, 2.45) is 0 Å². The van der Waals surface area contributed by atoms with E-state index in [1.165, 1.54) is 11.8 Å². The number of hydrogen-bond acceptors (Lipinski definition) is 4. The summed E-state index contributed by atoms with van der Waals surface area (Å²) in [5.74, 6) is -1.24. The van der Waals surface area contributed by atoms with Crippen LogP contribution in [-0.4, -0.2) is 50.0 Å². The first-order chi connectivity index (χ1) is 18.2.